The summed E-state index contributed by atoms with van der Waals surface area (Å²) >= 11 is 0. The number of aromatic amines is 1. The molecule has 3 rings (SSSR count). The lowest BCUT2D eigenvalue weighted by atomic mass is 10.2. The molecule has 0 radical (unpaired) electrons. The Hall–Kier alpha value is -3.97. The predicted molar refractivity (Wildman–Crippen MR) is 71.0 cm³/mol. The van der Waals surface area contributed by atoms with Crippen LogP contribution in [-0.2, 0) is 0 Å². The minimum absolute atomic E-state index is 0.0817. The maximum atomic E-state index is 11.4. The Labute approximate surface area is 123 Å². The fraction of sp³-hybridized carbons (Fsp3) is 0. The number of hydrogen-bond acceptors (Lipinski definition) is 9. The van der Waals surface area contributed by atoms with Crippen LogP contribution in [-0.4, -0.2) is 39.7 Å². The third kappa shape index (κ3) is 2.09. The molecule has 0 aliphatic carbocycles. The van der Waals surface area contributed by atoms with Gasteiger partial charge in [-0.3, -0.25) is 24.8 Å². The van der Waals surface area contributed by atoms with Gasteiger partial charge >= 0.3 is 17.2 Å². The maximum absolute atomic E-state index is 11.4. The minimum Gasteiger partial charge on any atom is -0.358 e. The first-order valence-electron chi connectivity index (χ1n) is 5.75. The SMILES string of the molecule is O=[N+]([O-])c1cn(-c2c([N+](=O)[O-])cc3n[nH]nc3c2[N+](=O)[O-])cn1. The average Bonchev–Trinajstić information content (AvgIpc) is 3.13. The first kappa shape index (κ1) is 14.0. The van der Waals surface area contributed by atoms with Gasteiger partial charge in [-0.1, -0.05) is 0 Å². The van der Waals surface area contributed by atoms with Crippen molar-refractivity contribution in [3.63, 3.8) is 0 Å². The normalized spacial score (nSPS) is 10.8. The van der Waals surface area contributed by atoms with Crippen molar-refractivity contribution in [2.24, 2.45) is 0 Å². The van der Waals surface area contributed by atoms with Crippen molar-refractivity contribution in [1.82, 2.24) is 25.0 Å². The van der Waals surface area contributed by atoms with Crippen molar-refractivity contribution in [1.29, 1.82) is 0 Å². The van der Waals surface area contributed by atoms with Gasteiger partial charge in [0.2, 0.25) is 12.0 Å². The van der Waals surface area contributed by atoms with Gasteiger partial charge in [-0.05, 0) is 9.91 Å². The van der Waals surface area contributed by atoms with Gasteiger partial charge < -0.3 is 10.1 Å². The highest BCUT2D eigenvalue weighted by Gasteiger charge is 2.33. The molecule has 0 unspecified atom stereocenters. The molecule has 2 heterocycles. The molecule has 14 heteroatoms. The molecular weight excluding hydrogens is 316 g/mol. The van der Waals surface area contributed by atoms with E-state index in [0.717, 1.165) is 23.2 Å². The number of hydrogen-bond donors (Lipinski definition) is 1. The average molecular weight is 320 g/mol. The Morgan fingerprint density at radius 1 is 1.04 bits per heavy atom. The third-order valence-electron chi connectivity index (χ3n) is 2.93. The molecule has 3 aromatic rings. The first-order chi connectivity index (χ1) is 10.9. The van der Waals surface area contributed by atoms with E-state index < -0.39 is 37.6 Å². The summed E-state index contributed by atoms with van der Waals surface area (Å²) in [5, 5.41) is 42.6. The van der Waals surface area contributed by atoms with E-state index >= 15 is 0 Å². The van der Waals surface area contributed by atoms with Crippen LogP contribution in [0.25, 0.3) is 16.7 Å². The van der Waals surface area contributed by atoms with E-state index in [0.29, 0.717) is 0 Å². The third-order valence-corrected chi connectivity index (χ3v) is 2.93. The number of H-pyrrole nitrogens is 1. The molecule has 0 atom stereocenters. The molecule has 0 saturated carbocycles. The van der Waals surface area contributed by atoms with E-state index in [9.17, 15) is 30.3 Å². The Morgan fingerprint density at radius 2 is 1.78 bits per heavy atom. The zero-order chi connectivity index (χ0) is 16.7. The van der Waals surface area contributed by atoms with Crippen LogP contribution in [0.3, 0.4) is 0 Å². The summed E-state index contributed by atoms with van der Waals surface area (Å²) in [6, 6.07) is 0.979. The number of fused-ring (bicyclic) bond motifs is 1. The second-order valence-electron chi connectivity index (χ2n) is 4.19. The van der Waals surface area contributed by atoms with Crippen molar-refractivity contribution in [2.75, 3.05) is 0 Å². The van der Waals surface area contributed by atoms with Gasteiger partial charge in [0.15, 0.2) is 5.52 Å². The van der Waals surface area contributed by atoms with Crippen LogP contribution < -0.4 is 0 Å². The van der Waals surface area contributed by atoms with Crippen molar-refractivity contribution in [3.8, 4) is 5.69 Å². The van der Waals surface area contributed by atoms with Crippen molar-refractivity contribution in [3.05, 3.63) is 48.9 Å². The Balaban J connectivity index is 2.42. The number of nitrogens with one attached hydrogen (secondary N) is 1. The summed E-state index contributed by atoms with van der Waals surface area (Å²) in [7, 11) is 0. The van der Waals surface area contributed by atoms with E-state index in [-0.39, 0.29) is 11.0 Å². The highest BCUT2D eigenvalue weighted by molar-refractivity contribution is 5.92. The molecule has 0 fully saturated rings. The lowest BCUT2D eigenvalue weighted by Crippen LogP contribution is -2.04. The molecule has 14 nitrogen and oxygen atoms in total. The molecule has 1 aromatic carbocycles. The summed E-state index contributed by atoms with van der Waals surface area (Å²) in [6.45, 7) is 0. The second kappa shape index (κ2) is 4.79. The smallest absolute Gasteiger partial charge is 0.358 e. The van der Waals surface area contributed by atoms with Crippen LogP contribution in [0.15, 0.2) is 18.6 Å². The summed E-state index contributed by atoms with van der Waals surface area (Å²) in [6.07, 6.45) is 1.71. The van der Waals surface area contributed by atoms with Gasteiger partial charge in [-0.2, -0.15) is 10.3 Å². The molecule has 0 bridgehead atoms. The van der Waals surface area contributed by atoms with Gasteiger partial charge in [-0.15, -0.1) is 5.10 Å². The fourth-order valence-electron chi connectivity index (χ4n) is 2.04. The maximum Gasteiger partial charge on any atom is 0.381 e. The van der Waals surface area contributed by atoms with Crippen LogP contribution in [0, 0.1) is 30.3 Å². The van der Waals surface area contributed by atoms with Gasteiger partial charge in [0, 0.05) is 6.07 Å². The second-order valence-corrected chi connectivity index (χ2v) is 4.19. The lowest BCUT2D eigenvalue weighted by molar-refractivity contribution is -0.392. The summed E-state index contributed by atoms with van der Waals surface area (Å²) in [4.78, 5) is 34.1. The molecule has 0 aliphatic heterocycles. The Kier molecular flexibility index (Phi) is 2.91. The van der Waals surface area contributed by atoms with E-state index in [1.54, 1.807) is 0 Å². The largest absolute Gasteiger partial charge is 0.381 e. The highest BCUT2D eigenvalue weighted by Crippen LogP contribution is 2.37. The molecule has 0 aliphatic rings. The molecule has 0 amide bonds. The fourth-order valence-corrected chi connectivity index (χ4v) is 2.04. The molecule has 2 aromatic heterocycles. The van der Waals surface area contributed by atoms with Crippen LogP contribution in [0.1, 0.15) is 0 Å². The number of aromatic nitrogens is 5. The van der Waals surface area contributed by atoms with Gasteiger partial charge in [0.1, 0.15) is 11.7 Å². The quantitative estimate of drug-likeness (QED) is 0.536. The lowest BCUT2D eigenvalue weighted by Gasteiger charge is -2.03. The minimum atomic E-state index is -0.876. The van der Waals surface area contributed by atoms with Crippen molar-refractivity contribution < 1.29 is 14.8 Å². The highest BCUT2D eigenvalue weighted by atomic mass is 16.6. The monoisotopic (exact) mass is 320 g/mol. The number of benzene rings is 1. The standard InChI is InChI=1S/C9H4N8O6/c18-15(19)5-1-4-7(12-13-11-4)9(17(22)23)8(5)14-2-6(10-3-14)16(20)21/h1-3H,(H,11,12,13). The summed E-state index contributed by atoms with van der Waals surface area (Å²) in [5.74, 6) is -0.617. The summed E-state index contributed by atoms with van der Waals surface area (Å²) < 4.78 is 0.836. The topological polar surface area (TPSA) is 189 Å². The molecule has 1 N–H and O–H groups in total. The molecular formula is C9H4N8O6. The number of nitro groups is 3. The first-order valence-corrected chi connectivity index (χ1v) is 5.75. The number of nitro benzene ring substituents is 2. The van der Waals surface area contributed by atoms with E-state index in [1.807, 2.05) is 0 Å². The molecule has 116 valence electrons. The zero-order valence-electron chi connectivity index (χ0n) is 10.8. The van der Waals surface area contributed by atoms with Gasteiger partial charge in [-0.25, -0.2) is 0 Å². The summed E-state index contributed by atoms with van der Waals surface area (Å²) in [5.41, 5.74) is -2.17. The van der Waals surface area contributed by atoms with Crippen LogP contribution >= 0.6 is 0 Å². The van der Waals surface area contributed by atoms with Gasteiger partial charge in [0.25, 0.3) is 0 Å². The number of imidazole rings is 1. The molecule has 23 heavy (non-hydrogen) atoms. The molecule has 0 saturated heterocycles. The zero-order valence-corrected chi connectivity index (χ0v) is 10.8. The van der Waals surface area contributed by atoms with Crippen LogP contribution in [0.4, 0.5) is 17.2 Å². The van der Waals surface area contributed by atoms with Crippen molar-refractivity contribution >= 4 is 28.2 Å². The van der Waals surface area contributed by atoms with E-state index in [1.165, 1.54) is 0 Å². The van der Waals surface area contributed by atoms with E-state index in [2.05, 4.69) is 20.4 Å². The van der Waals surface area contributed by atoms with E-state index in [4.69, 9.17) is 0 Å². The van der Waals surface area contributed by atoms with Crippen LogP contribution in [0.2, 0.25) is 0 Å². The van der Waals surface area contributed by atoms with Crippen molar-refractivity contribution in [2.45, 2.75) is 0 Å². The number of rotatable bonds is 4. The Morgan fingerprint density at radius 3 is 2.35 bits per heavy atom. The number of nitrogens with zero attached hydrogens (tertiary/aromatic N) is 7. The Bertz CT molecular complexity index is 974. The van der Waals surface area contributed by atoms with Crippen LogP contribution in [0.5, 0.6) is 0 Å². The predicted octanol–water partition coefficient (Wildman–Crippen LogP) is 0.868. The van der Waals surface area contributed by atoms with Gasteiger partial charge in [0.05, 0.1) is 9.85 Å². The molecule has 0 spiro atoms.